The van der Waals surface area contributed by atoms with Crippen molar-refractivity contribution in [3.8, 4) is 0 Å². The molecule has 4 nitrogen and oxygen atoms in total. The summed E-state index contributed by atoms with van der Waals surface area (Å²) in [7, 11) is 0. The number of hydrogen-bond donors (Lipinski definition) is 1. The van der Waals surface area contributed by atoms with Gasteiger partial charge in [0, 0.05) is 16.6 Å². The predicted octanol–water partition coefficient (Wildman–Crippen LogP) is 4.30. The highest BCUT2D eigenvalue weighted by Crippen LogP contribution is 2.37. The fourth-order valence-electron chi connectivity index (χ4n) is 2.78. The molecule has 0 saturated heterocycles. The second kappa shape index (κ2) is 6.67. The fourth-order valence-corrected chi connectivity index (χ4v) is 4.04. The van der Waals surface area contributed by atoms with Gasteiger partial charge in [-0.05, 0) is 32.4 Å². The van der Waals surface area contributed by atoms with Crippen molar-refractivity contribution in [1.29, 1.82) is 0 Å². The summed E-state index contributed by atoms with van der Waals surface area (Å²) in [6.45, 7) is 5.61. The minimum absolute atomic E-state index is 0.123. The van der Waals surface area contributed by atoms with E-state index in [4.69, 9.17) is 11.6 Å². The van der Waals surface area contributed by atoms with Crippen LogP contribution in [-0.4, -0.2) is 20.9 Å². The number of carbonyl (C=O) groups is 1. The lowest BCUT2D eigenvalue weighted by atomic mass is 9.87. The van der Waals surface area contributed by atoms with Gasteiger partial charge in [0.2, 0.25) is 5.78 Å². The van der Waals surface area contributed by atoms with Gasteiger partial charge < -0.3 is 5.11 Å². The molecule has 6 heteroatoms. The highest BCUT2D eigenvalue weighted by molar-refractivity contribution is 7.14. The van der Waals surface area contributed by atoms with E-state index in [1.807, 2.05) is 38.1 Å². The Morgan fingerprint density at radius 3 is 2.72 bits per heavy atom. The Bertz CT molecular complexity index is 950. The average Bonchev–Trinajstić information content (AvgIpc) is 2.97. The van der Waals surface area contributed by atoms with Crippen LogP contribution in [0, 0.1) is 13.8 Å². The second-order valence-electron chi connectivity index (χ2n) is 6.08. The molecule has 0 aliphatic heterocycles. The Kier molecular flexibility index (Phi) is 4.73. The summed E-state index contributed by atoms with van der Waals surface area (Å²) in [5.41, 5.74) is 1.62. The number of ketones is 1. The Morgan fingerprint density at radius 1 is 1.28 bits per heavy atom. The van der Waals surface area contributed by atoms with Gasteiger partial charge in [-0.1, -0.05) is 41.4 Å². The molecular formula is C19H17ClN2O2S. The van der Waals surface area contributed by atoms with Crippen molar-refractivity contribution in [2.75, 3.05) is 0 Å². The number of halogens is 1. The van der Waals surface area contributed by atoms with Crippen molar-refractivity contribution < 1.29 is 9.90 Å². The molecule has 0 amide bonds. The normalized spacial score (nSPS) is 13.5. The summed E-state index contributed by atoms with van der Waals surface area (Å²) >= 11 is 7.33. The lowest BCUT2D eigenvalue weighted by Gasteiger charge is -2.24. The molecule has 0 bridgehead atoms. The quantitative estimate of drug-likeness (QED) is 0.548. The monoisotopic (exact) mass is 372 g/mol. The number of rotatable bonds is 4. The minimum atomic E-state index is -1.19. The van der Waals surface area contributed by atoms with Crippen molar-refractivity contribution in [3.63, 3.8) is 0 Å². The van der Waals surface area contributed by atoms with E-state index in [-0.39, 0.29) is 16.5 Å². The number of aliphatic hydroxyl groups is 1. The summed E-state index contributed by atoms with van der Waals surface area (Å²) in [5.74, 6) is -0.245. The molecule has 1 N–H and O–H groups in total. The Balaban J connectivity index is 2.03. The van der Waals surface area contributed by atoms with Gasteiger partial charge in [-0.25, -0.2) is 9.97 Å². The average molecular weight is 373 g/mol. The van der Waals surface area contributed by atoms with Crippen LogP contribution < -0.4 is 0 Å². The smallest absolute Gasteiger partial charge is 0.207 e. The third-order valence-electron chi connectivity index (χ3n) is 4.15. The van der Waals surface area contributed by atoms with Crippen LogP contribution >= 0.6 is 22.9 Å². The van der Waals surface area contributed by atoms with Crippen LogP contribution in [0.1, 0.15) is 43.7 Å². The van der Waals surface area contributed by atoms with Crippen LogP contribution in [0.15, 0.2) is 42.9 Å². The molecule has 25 heavy (non-hydrogen) atoms. The maximum Gasteiger partial charge on any atom is 0.207 e. The number of thiophene rings is 1. The number of hydrogen-bond acceptors (Lipinski definition) is 5. The van der Waals surface area contributed by atoms with Gasteiger partial charge in [-0.15, -0.1) is 11.3 Å². The summed E-state index contributed by atoms with van der Waals surface area (Å²) in [6, 6.07) is 9.45. The summed E-state index contributed by atoms with van der Waals surface area (Å²) < 4.78 is 0. The maximum absolute atomic E-state index is 12.7. The largest absolute Gasteiger partial charge is 0.381 e. The zero-order chi connectivity index (χ0) is 18.2. The van der Waals surface area contributed by atoms with E-state index in [1.54, 1.807) is 13.0 Å². The molecule has 1 aromatic carbocycles. The lowest BCUT2D eigenvalue weighted by Crippen LogP contribution is -2.23. The summed E-state index contributed by atoms with van der Waals surface area (Å²) in [5, 5.41) is 11.3. The zero-order valence-corrected chi connectivity index (χ0v) is 15.6. The molecule has 3 rings (SSSR count). The number of nitrogens with zero attached hydrogens (tertiary/aromatic N) is 2. The van der Waals surface area contributed by atoms with E-state index >= 15 is 0 Å². The van der Waals surface area contributed by atoms with E-state index in [2.05, 4.69) is 9.97 Å². The van der Waals surface area contributed by atoms with Crippen molar-refractivity contribution in [3.05, 3.63) is 80.0 Å². The van der Waals surface area contributed by atoms with Gasteiger partial charge in [-0.3, -0.25) is 4.79 Å². The molecule has 2 aromatic heterocycles. The Morgan fingerprint density at radius 2 is 2.04 bits per heavy atom. The molecule has 0 saturated carbocycles. The molecule has 128 valence electrons. The van der Waals surface area contributed by atoms with E-state index < -0.39 is 5.60 Å². The number of carbonyl (C=O) groups excluding carboxylic acids is 1. The molecule has 1 unspecified atom stereocenters. The molecule has 0 radical (unpaired) electrons. The molecule has 3 aromatic rings. The van der Waals surface area contributed by atoms with E-state index in [1.165, 1.54) is 23.9 Å². The van der Waals surface area contributed by atoms with Gasteiger partial charge in [0.1, 0.15) is 17.1 Å². The molecule has 2 heterocycles. The van der Waals surface area contributed by atoms with E-state index in [0.29, 0.717) is 10.4 Å². The van der Waals surface area contributed by atoms with Gasteiger partial charge in [0.15, 0.2) is 0 Å². The first-order valence-electron chi connectivity index (χ1n) is 7.71. The highest BCUT2D eigenvalue weighted by Gasteiger charge is 2.30. The fraction of sp³-hybridized carbons (Fsp3) is 0.211. The van der Waals surface area contributed by atoms with Gasteiger partial charge in [0.05, 0.1) is 10.4 Å². The molecule has 0 fully saturated rings. The van der Waals surface area contributed by atoms with Gasteiger partial charge in [0.25, 0.3) is 0 Å². The molecule has 0 aliphatic carbocycles. The Hall–Kier alpha value is -2.08. The van der Waals surface area contributed by atoms with Crippen molar-refractivity contribution in [1.82, 2.24) is 9.97 Å². The zero-order valence-electron chi connectivity index (χ0n) is 14.1. The molecular weight excluding hydrogens is 356 g/mol. The third kappa shape index (κ3) is 3.35. The third-order valence-corrected chi connectivity index (χ3v) is 5.50. The lowest BCUT2D eigenvalue weighted by molar-refractivity contribution is 0.101. The first kappa shape index (κ1) is 17.7. The van der Waals surface area contributed by atoms with Crippen LogP contribution in [0.3, 0.4) is 0 Å². The molecule has 1 atom stereocenters. The second-order valence-corrected chi connectivity index (χ2v) is 7.69. The highest BCUT2D eigenvalue weighted by atomic mass is 35.5. The van der Waals surface area contributed by atoms with Crippen LogP contribution in [0.4, 0.5) is 0 Å². The number of benzene rings is 1. The van der Waals surface area contributed by atoms with Crippen molar-refractivity contribution in [2.45, 2.75) is 26.4 Å². The standard InChI is InChI=1S/C19H17ClN2O2S/c1-11-5-4-6-13(7-11)19(3,24)15-8-16(25-12(15)2)17(23)14-9-21-10-22-18(14)20/h4-10,24H,1-3H3. The van der Waals surface area contributed by atoms with Crippen LogP contribution in [0.5, 0.6) is 0 Å². The number of aryl methyl sites for hydroxylation is 2. The van der Waals surface area contributed by atoms with Gasteiger partial charge >= 0.3 is 0 Å². The minimum Gasteiger partial charge on any atom is -0.381 e. The topological polar surface area (TPSA) is 63.1 Å². The van der Waals surface area contributed by atoms with Crippen LogP contribution in [-0.2, 0) is 5.60 Å². The number of aromatic nitrogens is 2. The first-order chi connectivity index (χ1) is 11.8. The predicted molar refractivity (Wildman–Crippen MR) is 99.4 cm³/mol. The van der Waals surface area contributed by atoms with E-state index in [0.717, 1.165) is 16.0 Å². The summed E-state index contributed by atoms with van der Waals surface area (Å²) in [4.78, 5) is 21.8. The van der Waals surface area contributed by atoms with Crippen LogP contribution in [0.2, 0.25) is 5.15 Å². The SMILES string of the molecule is Cc1cccc(C(C)(O)c2cc(C(=O)c3cncnc3Cl)sc2C)c1. The van der Waals surface area contributed by atoms with Crippen molar-refractivity contribution in [2.24, 2.45) is 0 Å². The van der Waals surface area contributed by atoms with E-state index in [9.17, 15) is 9.90 Å². The molecule has 0 spiro atoms. The Labute approximate surface area is 155 Å². The van der Waals surface area contributed by atoms with Crippen molar-refractivity contribution >= 4 is 28.7 Å². The first-order valence-corrected chi connectivity index (χ1v) is 8.91. The summed E-state index contributed by atoms with van der Waals surface area (Å²) in [6.07, 6.45) is 2.71. The van der Waals surface area contributed by atoms with Gasteiger partial charge in [-0.2, -0.15) is 0 Å². The van der Waals surface area contributed by atoms with Crippen LogP contribution in [0.25, 0.3) is 0 Å². The molecule has 0 aliphatic rings. The maximum atomic E-state index is 12.7.